The molecule has 0 fully saturated rings. The summed E-state index contributed by atoms with van der Waals surface area (Å²) >= 11 is 0. The van der Waals surface area contributed by atoms with E-state index < -0.39 is 28.8 Å². The van der Waals surface area contributed by atoms with Crippen molar-refractivity contribution >= 4 is 10.0 Å². The van der Waals surface area contributed by atoms with Gasteiger partial charge in [0.05, 0.1) is 6.54 Å². The number of alkyl halides is 3. The summed E-state index contributed by atoms with van der Waals surface area (Å²) in [5.41, 5.74) is 0. The van der Waals surface area contributed by atoms with Crippen molar-refractivity contribution in [2.45, 2.75) is 23.9 Å². The van der Waals surface area contributed by atoms with E-state index in [9.17, 15) is 21.6 Å². The zero-order chi connectivity index (χ0) is 14.7. The summed E-state index contributed by atoms with van der Waals surface area (Å²) in [7, 11) is -2.51. The number of aliphatic hydroxyl groups excluding tert-OH is 1. The Morgan fingerprint density at radius 3 is 2.58 bits per heavy atom. The summed E-state index contributed by atoms with van der Waals surface area (Å²) in [6.07, 6.45) is -7.18. The predicted octanol–water partition coefficient (Wildman–Crippen LogP) is 0.200. The maximum absolute atomic E-state index is 12.0. The Morgan fingerprint density at radius 2 is 2.05 bits per heavy atom. The molecule has 0 saturated carbocycles. The third-order valence-corrected chi connectivity index (χ3v) is 3.47. The fourth-order valence-electron chi connectivity index (χ4n) is 1.15. The molecule has 0 aliphatic rings. The molecule has 110 valence electrons. The highest BCUT2D eigenvalue weighted by atomic mass is 32.2. The Morgan fingerprint density at radius 1 is 1.42 bits per heavy atom. The molecule has 0 amide bonds. The largest absolute Gasteiger partial charge is 0.447 e. The van der Waals surface area contributed by atoms with Gasteiger partial charge in [-0.25, -0.2) is 13.1 Å². The molecule has 0 saturated heterocycles. The van der Waals surface area contributed by atoms with Gasteiger partial charge in [-0.3, -0.25) is 0 Å². The minimum atomic E-state index is -4.70. The average molecular weight is 302 g/mol. The quantitative estimate of drug-likeness (QED) is 0.698. The van der Waals surface area contributed by atoms with Gasteiger partial charge in [-0.2, -0.15) is 13.2 Å². The molecule has 1 aromatic rings. The van der Waals surface area contributed by atoms with Crippen LogP contribution < -0.4 is 10.0 Å². The number of sulfonamides is 1. The van der Waals surface area contributed by atoms with Crippen LogP contribution in [-0.2, 0) is 16.6 Å². The van der Waals surface area contributed by atoms with E-state index in [0.29, 0.717) is 0 Å². The number of hydrogen-bond acceptors (Lipinski definition) is 5. The molecule has 1 aromatic heterocycles. The summed E-state index contributed by atoms with van der Waals surface area (Å²) in [4.78, 5) is 0. The Kier molecular flexibility index (Phi) is 4.96. The van der Waals surface area contributed by atoms with Crippen molar-refractivity contribution in [3.05, 3.63) is 17.9 Å². The zero-order valence-electron chi connectivity index (χ0n) is 9.86. The number of aliphatic hydroxyl groups is 1. The smallest absolute Gasteiger partial charge is 0.415 e. The first-order chi connectivity index (χ1) is 8.66. The molecule has 0 radical (unpaired) electrons. The second-order valence-corrected chi connectivity index (χ2v) is 5.43. The third kappa shape index (κ3) is 4.49. The normalized spacial score (nSPS) is 14.6. The van der Waals surface area contributed by atoms with Crippen LogP contribution in [-0.4, -0.2) is 39.4 Å². The Bertz CT molecular complexity index is 512. The first kappa shape index (κ1) is 16.0. The predicted molar refractivity (Wildman–Crippen MR) is 58.7 cm³/mol. The fourth-order valence-corrected chi connectivity index (χ4v) is 1.81. The molecule has 10 heteroatoms. The SMILES string of the molecule is CNS(=O)(=O)c1ccc(CNCC(O)C(F)(F)F)o1. The van der Waals surface area contributed by atoms with E-state index in [1.165, 1.54) is 19.2 Å². The molecule has 1 atom stereocenters. The minimum Gasteiger partial charge on any atom is -0.447 e. The summed E-state index contributed by atoms with van der Waals surface area (Å²) in [6, 6.07) is 2.50. The lowest BCUT2D eigenvalue weighted by molar-refractivity contribution is -0.201. The molecular weight excluding hydrogens is 289 g/mol. The van der Waals surface area contributed by atoms with Crippen molar-refractivity contribution in [2.75, 3.05) is 13.6 Å². The van der Waals surface area contributed by atoms with Crippen LogP contribution in [0.5, 0.6) is 0 Å². The Labute approximate surface area is 107 Å². The molecule has 1 unspecified atom stereocenters. The van der Waals surface area contributed by atoms with E-state index in [1.54, 1.807) is 0 Å². The molecule has 0 spiro atoms. The van der Waals surface area contributed by atoms with Crippen LogP contribution in [0.4, 0.5) is 13.2 Å². The van der Waals surface area contributed by atoms with Gasteiger partial charge in [-0.15, -0.1) is 0 Å². The van der Waals surface area contributed by atoms with Crippen LogP contribution in [0.1, 0.15) is 5.76 Å². The first-order valence-corrected chi connectivity index (χ1v) is 6.63. The van der Waals surface area contributed by atoms with Crippen molar-refractivity contribution in [3.63, 3.8) is 0 Å². The van der Waals surface area contributed by atoms with Gasteiger partial charge in [0.15, 0.2) is 6.10 Å². The summed E-state index contributed by atoms with van der Waals surface area (Å²) < 4.78 is 65.5. The lowest BCUT2D eigenvalue weighted by Crippen LogP contribution is -2.38. The topological polar surface area (TPSA) is 91.6 Å². The van der Waals surface area contributed by atoms with Gasteiger partial charge in [0.2, 0.25) is 5.09 Å². The van der Waals surface area contributed by atoms with E-state index in [4.69, 9.17) is 9.52 Å². The number of nitrogens with one attached hydrogen (secondary N) is 2. The van der Waals surface area contributed by atoms with Gasteiger partial charge in [0.1, 0.15) is 5.76 Å². The van der Waals surface area contributed by atoms with Crippen LogP contribution in [0, 0.1) is 0 Å². The highest BCUT2D eigenvalue weighted by molar-refractivity contribution is 7.89. The Hall–Kier alpha value is -1.10. The lowest BCUT2D eigenvalue weighted by atomic mass is 10.3. The van der Waals surface area contributed by atoms with Gasteiger partial charge in [-0.1, -0.05) is 0 Å². The van der Waals surface area contributed by atoms with E-state index in [2.05, 4.69) is 5.32 Å². The highest BCUT2D eigenvalue weighted by Crippen LogP contribution is 2.19. The van der Waals surface area contributed by atoms with Crippen LogP contribution in [0.25, 0.3) is 0 Å². The lowest BCUT2D eigenvalue weighted by Gasteiger charge is -2.14. The maximum Gasteiger partial charge on any atom is 0.415 e. The monoisotopic (exact) mass is 302 g/mol. The second-order valence-electron chi connectivity index (χ2n) is 3.62. The van der Waals surface area contributed by atoms with Crippen LogP contribution in [0.2, 0.25) is 0 Å². The fraction of sp³-hybridized carbons (Fsp3) is 0.556. The van der Waals surface area contributed by atoms with E-state index >= 15 is 0 Å². The molecular formula is C9H13F3N2O4S. The molecule has 19 heavy (non-hydrogen) atoms. The van der Waals surface area contributed by atoms with Gasteiger partial charge >= 0.3 is 6.18 Å². The van der Waals surface area contributed by atoms with Gasteiger partial charge in [-0.05, 0) is 19.2 Å². The average Bonchev–Trinajstić information content (AvgIpc) is 2.77. The summed E-state index contributed by atoms with van der Waals surface area (Å²) in [6.45, 7) is -0.843. The molecule has 0 aliphatic carbocycles. The molecule has 0 bridgehead atoms. The van der Waals surface area contributed by atoms with Crippen molar-refractivity contribution in [3.8, 4) is 0 Å². The zero-order valence-corrected chi connectivity index (χ0v) is 10.7. The summed E-state index contributed by atoms with van der Waals surface area (Å²) in [5, 5.41) is 10.7. The molecule has 3 N–H and O–H groups in total. The van der Waals surface area contributed by atoms with Gasteiger partial charge in [0.25, 0.3) is 10.0 Å². The molecule has 0 aromatic carbocycles. The van der Waals surface area contributed by atoms with Crippen LogP contribution in [0.15, 0.2) is 21.6 Å². The number of furan rings is 1. The molecule has 0 aliphatic heterocycles. The van der Waals surface area contributed by atoms with E-state index in [0.717, 1.165) is 0 Å². The van der Waals surface area contributed by atoms with Crippen molar-refractivity contribution in [1.82, 2.24) is 10.0 Å². The first-order valence-electron chi connectivity index (χ1n) is 5.14. The van der Waals surface area contributed by atoms with Crippen molar-refractivity contribution < 1.29 is 31.1 Å². The minimum absolute atomic E-state index is 0.133. The third-order valence-electron chi connectivity index (χ3n) is 2.19. The molecule has 1 heterocycles. The number of halogens is 3. The second kappa shape index (κ2) is 5.90. The standard InChI is InChI=1S/C9H13F3N2O4S/c1-13-19(16,17)8-3-2-6(18-8)4-14-5-7(15)9(10,11)12/h2-3,7,13-15H,4-5H2,1H3. The van der Waals surface area contributed by atoms with Crippen LogP contribution >= 0.6 is 0 Å². The van der Waals surface area contributed by atoms with Gasteiger partial charge in [0, 0.05) is 6.54 Å². The molecule has 6 nitrogen and oxygen atoms in total. The molecule has 1 rings (SSSR count). The van der Waals surface area contributed by atoms with Gasteiger partial charge < -0.3 is 14.8 Å². The number of rotatable bonds is 6. The highest BCUT2D eigenvalue weighted by Gasteiger charge is 2.37. The maximum atomic E-state index is 12.0. The van der Waals surface area contributed by atoms with Crippen molar-refractivity contribution in [1.29, 1.82) is 0 Å². The van der Waals surface area contributed by atoms with Crippen molar-refractivity contribution in [2.24, 2.45) is 0 Å². The van der Waals surface area contributed by atoms with E-state index in [-0.39, 0.29) is 17.4 Å². The summed E-state index contributed by atoms with van der Waals surface area (Å²) in [5.74, 6) is 0.142. The Balaban J connectivity index is 2.52. The number of hydrogen-bond donors (Lipinski definition) is 3. The van der Waals surface area contributed by atoms with Crippen LogP contribution in [0.3, 0.4) is 0 Å². The van der Waals surface area contributed by atoms with E-state index in [1.807, 2.05) is 4.72 Å².